The number of nitrogens with one attached hydrogen (secondary N) is 1. The van der Waals surface area contributed by atoms with E-state index in [1.807, 2.05) is 43.0 Å². The van der Waals surface area contributed by atoms with E-state index < -0.39 is 0 Å². The molecule has 0 saturated heterocycles. The minimum Gasteiger partial charge on any atom is -0.314 e. The topological polar surface area (TPSA) is 55.6 Å². The predicted octanol–water partition coefficient (Wildman–Crippen LogP) is 1.90. The molecule has 2 aromatic heterocycles. The van der Waals surface area contributed by atoms with Gasteiger partial charge in [-0.2, -0.15) is 0 Å². The first-order chi connectivity index (χ1) is 9.76. The zero-order valence-electron chi connectivity index (χ0n) is 11.7. The van der Waals surface area contributed by atoms with Gasteiger partial charge in [-0.25, -0.2) is 4.68 Å². The molecule has 0 spiro atoms. The van der Waals surface area contributed by atoms with E-state index in [2.05, 4.69) is 32.7 Å². The maximum absolute atomic E-state index is 4.56. The van der Waals surface area contributed by atoms with Crippen molar-refractivity contribution in [2.75, 3.05) is 7.05 Å². The van der Waals surface area contributed by atoms with Gasteiger partial charge in [0.15, 0.2) is 0 Å². The van der Waals surface area contributed by atoms with E-state index in [1.54, 1.807) is 0 Å². The van der Waals surface area contributed by atoms with Crippen LogP contribution in [0.25, 0.3) is 10.9 Å². The summed E-state index contributed by atoms with van der Waals surface area (Å²) in [6, 6.07) is 10.3. The van der Waals surface area contributed by atoms with Crippen molar-refractivity contribution in [1.29, 1.82) is 0 Å². The summed E-state index contributed by atoms with van der Waals surface area (Å²) in [4.78, 5) is 4.56. The highest BCUT2D eigenvalue weighted by Gasteiger charge is 2.06. The normalized spacial score (nSPS) is 11.1. The highest BCUT2D eigenvalue weighted by Crippen LogP contribution is 2.18. The smallest absolute Gasteiger partial charge is 0.0964 e. The quantitative estimate of drug-likeness (QED) is 0.784. The molecule has 0 aliphatic heterocycles. The van der Waals surface area contributed by atoms with Gasteiger partial charge in [-0.3, -0.25) is 4.98 Å². The third-order valence-corrected chi connectivity index (χ3v) is 3.21. The van der Waals surface area contributed by atoms with Gasteiger partial charge >= 0.3 is 0 Å². The Morgan fingerprint density at radius 2 is 2.10 bits per heavy atom. The molecule has 5 nitrogen and oxygen atoms in total. The summed E-state index contributed by atoms with van der Waals surface area (Å²) in [6.45, 7) is 3.46. The van der Waals surface area contributed by atoms with Gasteiger partial charge in [0, 0.05) is 17.6 Å². The molecule has 0 aliphatic carbocycles. The number of rotatable bonds is 4. The minimum absolute atomic E-state index is 0.709. The second-order valence-electron chi connectivity index (χ2n) is 4.88. The summed E-state index contributed by atoms with van der Waals surface area (Å²) < 4.78 is 1.87. The number of pyridine rings is 1. The van der Waals surface area contributed by atoms with Crippen molar-refractivity contribution in [1.82, 2.24) is 25.3 Å². The van der Waals surface area contributed by atoms with Crippen molar-refractivity contribution in [2.45, 2.75) is 20.0 Å². The van der Waals surface area contributed by atoms with E-state index in [-0.39, 0.29) is 0 Å². The number of nitrogens with zero attached hydrogens (tertiary/aromatic N) is 4. The van der Waals surface area contributed by atoms with Crippen LogP contribution in [0, 0.1) is 6.92 Å². The molecule has 2 heterocycles. The Labute approximate surface area is 117 Å². The number of para-hydroxylation sites is 1. The van der Waals surface area contributed by atoms with Crippen LogP contribution >= 0.6 is 0 Å². The van der Waals surface area contributed by atoms with E-state index in [0.29, 0.717) is 6.54 Å². The first kappa shape index (κ1) is 12.7. The third kappa shape index (κ3) is 2.53. The van der Waals surface area contributed by atoms with E-state index in [9.17, 15) is 0 Å². The number of hydrogen-bond donors (Lipinski definition) is 1. The summed E-state index contributed by atoms with van der Waals surface area (Å²) in [5.41, 5.74) is 4.21. The zero-order chi connectivity index (χ0) is 13.9. The number of aryl methyl sites for hydroxylation is 1. The van der Waals surface area contributed by atoms with Crippen molar-refractivity contribution >= 4 is 10.9 Å². The fourth-order valence-corrected chi connectivity index (χ4v) is 2.38. The molecule has 0 amide bonds. The Hall–Kier alpha value is -2.27. The van der Waals surface area contributed by atoms with Crippen LogP contribution in [0.1, 0.15) is 17.0 Å². The molecule has 0 fully saturated rings. The first-order valence-corrected chi connectivity index (χ1v) is 6.65. The van der Waals surface area contributed by atoms with Crippen LogP contribution in [0.3, 0.4) is 0 Å². The van der Waals surface area contributed by atoms with Crippen molar-refractivity contribution in [2.24, 2.45) is 0 Å². The monoisotopic (exact) mass is 267 g/mol. The summed E-state index contributed by atoms with van der Waals surface area (Å²) in [5, 5.41) is 12.6. The van der Waals surface area contributed by atoms with Crippen LogP contribution in [0.15, 0.2) is 36.5 Å². The molecular formula is C15H17N5. The summed E-state index contributed by atoms with van der Waals surface area (Å²) >= 11 is 0. The number of hydrogen-bond acceptors (Lipinski definition) is 4. The van der Waals surface area contributed by atoms with Crippen LogP contribution in [0.4, 0.5) is 0 Å². The predicted molar refractivity (Wildman–Crippen MR) is 78.4 cm³/mol. The Morgan fingerprint density at radius 1 is 1.25 bits per heavy atom. The lowest BCUT2D eigenvalue weighted by atomic mass is 10.1. The third-order valence-electron chi connectivity index (χ3n) is 3.21. The average Bonchev–Trinajstić information content (AvgIpc) is 2.86. The fourth-order valence-electron chi connectivity index (χ4n) is 2.38. The van der Waals surface area contributed by atoms with Crippen molar-refractivity contribution < 1.29 is 0 Å². The Kier molecular flexibility index (Phi) is 3.43. The first-order valence-electron chi connectivity index (χ1n) is 6.65. The molecule has 0 radical (unpaired) electrons. The molecule has 3 rings (SSSR count). The lowest BCUT2D eigenvalue weighted by Crippen LogP contribution is -2.05. The lowest BCUT2D eigenvalue weighted by molar-refractivity contribution is 0.650. The SMILES string of the molecule is CNCc1cn(Cc2cc(C)nc3ccccc23)nn1. The highest BCUT2D eigenvalue weighted by molar-refractivity contribution is 5.82. The molecule has 1 aromatic carbocycles. The molecule has 20 heavy (non-hydrogen) atoms. The van der Waals surface area contributed by atoms with E-state index >= 15 is 0 Å². The molecule has 1 N–H and O–H groups in total. The second-order valence-corrected chi connectivity index (χ2v) is 4.88. The second kappa shape index (κ2) is 5.38. The van der Waals surface area contributed by atoms with Gasteiger partial charge in [0.25, 0.3) is 0 Å². The van der Waals surface area contributed by atoms with E-state index in [0.717, 1.165) is 23.4 Å². The van der Waals surface area contributed by atoms with Gasteiger partial charge in [0.1, 0.15) is 0 Å². The molecule has 3 aromatic rings. The van der Waals surface area contributed by atoms with E-state index in [1.165, 1.54) is 10.9 Å². The Bertz CT molecular complexity index is 732. The molecule has 0 bridgehead atoms. The highest BCUT2D eigenvalue weighted by atomic mass is 15.4. The number of benzene rings is 1. The summed E-state index contributed by atoms with van der Waals surface area (Å²) in [5.74, 6) is 0. The van der Waals surface area contributed by atoms with Crippen LogP contribution in [-0.4, -0.2) is 27.0 Å². The molecule has 0 saturated carbocycles. The van der Waals surface area contributed by atoms with Crippen LogP contribution < -0.4 is 5.32 Å². The number of aromatic nitrogens is 4. The summed E-state index contributed by atoms with van der Waals surface area (Å²) in [6.07, 6.45) is 1.97. The molecule has 5 heteroatoms. The number of fused-ring (bicyclic) bond motifs is 1. The maximum Gasteiger partial charge on any atom is 0.0964 e. The largest absolute Gasteiger partial charge is 0.314 e. The van der Waals surface area contributed by atoms with Crippen LogP contribution in [0.5, 0.6) is 0 Å². The fraction of sp³-hybridized carbons (Fsp3) is 0.267. The maximum atomic E-state index is 4.56. The zero-order valence-corrected chi connectivity index (χ0v) is 11.7. The lowest BCUT2D eigenvalue weighted by Gasteiger charge is -2.07. The van der Waals surface area contributed by atoms with Crippen molar-refractivity contribution in [3.05, 3.63) is 53.5 Å². The van der Waals surface area contributed by atoms with Crippen LogP contribution in [0.2, 0.25) is 0 Å². The molecular weight excluding hydrogens is 250 g/mol. The van der Waals surface area contributed by atoms with Gasteiger partial charge in [-0.1, -0.05) is 23.4 Å². The van der Waals surface area contributed by atoms with Crippen molar-refractivity contribution in [3.63, 3.8) is 0 Å². The van der Waals surface area contributed by atoms with Gasteiger partial charge in [-0.05, 0) is 31.7 Å². The molecule has 0 atom stereocenters. The van der Waals surface area contributed by atoms with Crippen LogP contribution in [-0.2, 0) is 13.1 Å². The summed E-state index contributed by atoms with van der Waals surface area (Å²) in [7, 11) is 1.90. The van der Waals surface area contributed by atoms with Gasteiger partial charge in [-0.15, -0.1) is 5.10 Å². The molecule has 102 valence electrons. The Balaban J connectivity index is 1.97. The van der Waals surface area contributed by atoms with Gasteiger partial charge in [0.05, 0.1) is 24.0 Å². The molecule has 0 aliphatic rings. The van der Waals surface area contributed by atoms with Gasteiger partial charge in [0.2, 0.25) is 0 Å². The van der Waals surface area contributed by atoms with Crippen molar-refractivity contribution in [3.8, 4) is 0 Å². The minimum atomic E-state index is 0.709. The molecule has 0 unspecified atom stereocenters. The van der Waals surface area contributed by atoms with Gasteiger partial charge < -0.3 is 5.32 Å². The Morgan fingerprint density at radius 3 is 2.95 bits per heavy atom. The standard InChI is InChI=1S/C15H17N5/c1-11-7-12(14-5-3-4-6-15(14)17-11)9-20-10-13(8-16-2)18-19-20/h3-7,10,16H,8-9H2,1-2H3. The average molecular weight is 267 g/mol. The van der Waals surface area contributed by atoms with E-state index in [4.69, 9.17) is 0 Å².